The SMILES string of the molecule is O=C(O)CSc1nc(=O)ccn1Cc1cscn1. The van der Waals surface area contributed by atoms with Crippen molar-refractivity contribution in [3.05, 3.63) is 39.2 Å². The van der Waals surface area contributed by atoms with Crippen LogP contribution in [0.5, 0.6) is 0 Å². The Balaban J connectivity index is 2.22. The van der Waals surface area contributed by atoms with Crippen molar-refractivity contribution in [2.24, 2.45) is 0 Å². The van der Waals surface area contributed by atoms with E-state index in [1.165, 1.54) is 17.4 Å². The minimum atomic E-state index is -0.946. The highest BCUT2D eigenvalue weighted by Crippen LogP contribution is 2.15. The Labute approximate surface area is 110 Å². The van der Waals surface area contributed by atoms with E-state index in [9.17, 15) is 9.59 Å². The maximum Gasteiger partial charge on any atom is 0.313 e. The van der Waals surface area contributed by atoms with E-state index >= 15 is 0 Å². The number of aromatic nitrogens is 3. The van der Waals surface area contributed by atoms with Crippen LogP contribution in [-0.2, 0) is 11.3 Å². The Morgan fingerprint density at radius 2 is 2.39 bits per heavy atom. The maximum absolute atomic E-state index is 11.2. The van der Waals surface area contributed by atoms with E-state index < -0.39 is 5.97 Å². The lowest BCUT2D eigenvalue weighted by molar-refractivity contribution is -0.133. The molecular weight excluding hydrogens is 274 g/mol. The van der Waals surface area contributed by atoms with E-state index in [1.54, 1.807) is 16.3 Å². The molecule has 0 aliphatic carbocycles. The molecule has 2 aromatic heterocycles. The molecule has 1 N–H and O–H groups in total. The second-order valence-electron chi connectivity index (χ2n) is 3.34. The largest absolute Gasteiger partial charge is 0.481 e. The van der Waals surface area contributed by atoms with E-state index in [4.69, 9.17) is 5.11 Å². The topological polar surface area (TPSA) is 85.1 Å². The van der Waals surface area contributed by atoms with E-state index in [1.807, 2.05) is 5.38 Å². The van der Waals surface area contributed by atoms with Crippen LogP contribution in [0, 0.1) is 0 Å². The van der Waals surface area contributed by atoms with E-state index in [2.05, 4.69) is 9.97 Å². The average molecular weight is 283 g/mol. The molecule has 0 atom stereocenters. The first-order valence-electron chi connectivity index (χ1n) is 4.94. The van der Waals surface area contributed by atoms with Gasteiger partial charge in [0.05, 0.1) is 23.5 Å². The van der Waals surface area contributed by atoms with E-state index in [0.717, 1.165) is 17.5 Å². The van der Waals surface area contributed by atoms with Crippen LogP contribution >= 0.6 is 23.1 Å². The minimum absolute atomic E-state index is 0.131. The molecule has 0 radical (unpaired) electrons. The summed E-state index contributed by atoms with van der Waals surface area (Å²) in [4.78, 5) is 29.7. The van der Waals surface area contributed by atoms with Gasteiger partial charge in [0.25, 0.3) is 5.56 Å². The van der Waals surface area contributed by atoms with E-state index in [0.29, 0.717) is 11.7 Å². The number of rotatable bonds is 5. The summed E-state index contributed by atoms with van der Waals surface area (Å²) in [5, 5.41) is 10.9. The zero-order valence-corrected chi connectivity index (χ0v) is 10.8. The molecule has 0 aliphatic heterocycles. The van der Waals surface area contributed by atoms with Gasteiger partial charge in [0.15, 0.2) is 5.16 Å². The first-order chi connectivity index (χ1) is 8.65. The van der Waals surface area contributed by atoms with Crippen molar-refractivity contribution in [2.75, 3.05) is 5.75 Å². The first kappa shape index (κ1) is 12.8. The van der Waals surface area contributed by atoms with Gasteiger partial charge in [0.2, 0.25) is 0 Å². The lowest BCUT2D eigenvalue weighted by Crippen LogP contribution is -2.15. The maximum atomic E-state index is 11.2. The molecule has 2 aromatic rings. The molecule has 0 aliphatic rings. The quantitative estimate of drug-likeness (QED) is 0.649. The summed E-state index contributed by atoms with van der Waals surface area (Å²) >= 11 is 2.50. The fourth-order valence-electron chi connectivity index (χ4n) is 1.27. The normalized spacial score (nSPS) is 10.4. The van der Waals surface area contributed by atoms with Crippen molar-refractivity contribution >= 4 is 29.1 Å². The Bertz CT molecular complexity index is 595. The van der Waals surface area contributed by atoms with Crippen molar-refractivity contribution < 1.29 is 9.90 Å². The Morgan fingerprint density at radius 3 is 3.06 bits per heavy atom. The molecular formula is C10H9N3O3S2. The fraction of sp³-hybridized carbons (Fsp3) is 0.200. The number of aliphatic carboxylic acids is 1. The summed E-state index contributed by atoms with van der Waals surface area (Å²) in [6.07, 6.45) is 1.60. The van der Waals surface area contributed by atoms with Crippen LogP contribution in [0.25, 0.3) is 0 Å². The third kappa shape index (κ3) is 3.41. The number of thioether (sulfide) groups is 1. The number of carboxylic acids is 1. The minimum Gasteiger partial charge on any atom is -0.481 e. The second kappa shape index (κ2) is 5.78. The summed E-state index contributed by atoms with van der Waals surface area (Å²) in [5.74, 6) is -1.08. The highest BCUT2D eigenvalue weighted by molar-refractivity contribution is 7.99. The number of hydrogen-bond donors (Lipinski definition) is 1. The van der Waals surface area contributed by atoms with Gasteiger partial charge in [-0.1, -0.05) is 11.8 Å². The number of hydrogen-bond acceptors (Lipinski definition) is 6. The summed E-state index contributed by atoms with van der Waals surface area (Å²) in [5.41, 5.74) is 2.19. The van der Waals surface area contributed by atoms with Gasteiger partial charge in [-0.15, -0.1) is 11.3 Å². The third-order valence-electron chi connectivity index (χ3n) is 1.99. The second-order valence-corrected chi connectivity index (χ2v) is 5.00. The van der Waals surface area contributed by atoms with Crippen LogP contribution in [0.1, 0.15) is 5.69 Å². The fourth-order valence-corrected chi connectivity index (χ4v) is 2.51. The zero-order valence-electron chi connectivity index (χ0n) is 9.15. The molecule has 94 valence electrons. The van der Waals surface area contributed by atoms with E-state index in [-0.39, 0.29) is 11.3 Å². The molecule has 2 heterocycles. The molecule has 0 saturated carbocycles. The smallest absolute Gasteiger partial charge is 0.313 e. The van der Waals surface area contributed by atoms with Gasteiger partial charge in [-0.05, 0) is 0 Å². The number of carbonyl (C=O) groups is 1. The van der Waals surface area contributed by atoms with Gasteiger partial charge in [0.1, 0.15) is 0 Å². The molecule has 0 saturated heterocycles. The molecule has 0 spiro atoms. The monoisotopic (exact) mass is 283 g/mol. The van der Waals surface area contributed by atoms with Crippen molar-refractivity contribution in [1.29, 1.82) is 0 Å². The molecule has 0 amide bonds. The molecule has 0 unspecified atom stereocenters. The Hall–Kier alpha value is -1.67. The molecule has 0 aromatic carbocycles. The zero-order chi connectivity index (χ0) is 13.0. The Kier molecular flexibility index (Phi) is 4.11. The van der Waals surface area contributed by atoms with Crippen molar-refractivity contribution in [3.8, 4) is 0 Å². The molecule has 6 nitrogen and oxygen atoms in total. The summed E-state index contributed by atoms with van der Waals surface area (Å²) in [6, 6.07) is 1.34. The number of nitrogens with zero attached hydrogens (tertiary/aromatic N) is 3. The average Bonchev–Trinajstić information content (AvgIpc) is 2.82. The molecule has 0 bridgehead atoms. The van der Waals surface area contributed by atoms with Gasteiger partial charge in [-0.3, -0.25) is 9.59 Å². The highest BCUT2D eigenvalue weighted by atomic mass is 32.2. The third-order valence-corrected chi connectivity index (χ3v) is 3.60. The first-order valence-corrected chi connectivity index (χ1v) is 6.87. The molecule has 18 heavy (non-hydrogen) atoms. The lowest BCUT2D eigenvalue weighted by Gasteiger charge is -2.08. The highest BCUT2D eigenvalue weighted by Gasteiger charge is 2.08. The van der Waals surface area contributed by atoms with Crippen LogP contribution in [-0.4, -0.2) is 31.4 Å². The summed E-state index contributed by atoms with van der Waals surface area (Å²) in [7, 11) is 0. The van der Waals surface area contributed by atoms with Crippen LogP contribution in [0.15, 0.2) is 33.1 Å². The van der Waals surface area contributed by atoms with Crippen molar-refractivity contribution in [1.82, 2.24) is 14.5 Å². The lowest BCUT2D eigenvalue weighted by atomic mass is 10.5. The number of thiazole rings is 1. The molecule has 8 heteroatoms. The van der Waals surface area contributed by atoms with Crippen LogP contribution in [0.4, 0.5) is 0 Å². The number of carboxylic acid groups (broad SMARTS) is 1. The van der Waals surface area contributed by atoms with Crippen molar-refractivity contribution in [3.63, 3.8) is 0 Å². The van der Waals surface area contributed by atoms with Gasteiger partial charge < -0.3 is 9.67 Å². The van der Waals surface area contributed by atoms with Crippen molar-refractivity contribution in [2.45, 2.75) is 11.7 Å². The van der Waals surface area contributed by atoms with Gasteiger partial charge >= 0.3 is 5.97 Å². The molecule has 2 rings (SSSR count). The Morgan fingerprint density at radius 1 is 1.56 bits per heavy atom. The molecule has 0 fully saturated rings. The summed E-state index contributed by atoms with van der Waals surface area (Å²) < 4.78 is 1.71. The van der Waals surface area contributed by atoms with Gasteiger partial charge in [-0.25, -0.2) is 4.98 Å². The van der Waals surface area contributed by atoms with Gasteiger partial charge in [-0.2, -0.15) is 4.98 Å². The standard InChI is InChI=1S/C10H9N3O3S2/c14-8-1-2-13(3-7-4-17-6-11-7)10(12-8)18-5-9(15)16/h1-2,4,6H,3,5H2,(H,15,16). The van der Waals surface area contributed by atoms with Crippen LogP contribution in [0.3, 0.4) is 0 Å². The van der Waals surface area contributed by atoms with Gasteiger partial charge in [0, 0.05) is 17.6 Å². The predicted octanol–water partition coefficient (Wildman–Crippen LogP) is 0.925. The van der Waals surface area contributed by atoms with Crippen LogP contribution < -0.4 is 5.56 Å². The predicted molar refractivity (Wildman–Crippen MR) is 68.1 cm³/mol. The van der Waals surface area contributed by atoms with Crippen LogP contribution in [0.2, 0.25) is 0 Å². The summed E-state index contributed by atoms with van der Waals surface area (Å²) in [6.45, 7) is 0.471.